The molecule has 9 heteroatoms. The summed E-state index contributed by atoms with van der Waals surface area (Å²) in [7, 11) is -4.15. The normalized spacial score (nSPS) is 19.1. The van der Waals surface area contributed by atoms with Crippen LogP contribution in [0.1, 0.15) is 18.1 Å². The van der Waals surface area contributed by atoms with Gasteiger partial charge in [0.2, 0.25) is 10.0 Å². The predicted molar refractivity (Wildman–Crippen MR) is 103 cm³/mol. The van der Waals surface area contributed by atoms with E-state index in [1.165, 1.54) is 4.31 Å². The molecule has 0 saturated carbocycles. The first-order chi connectivity index (χ1) is 13.0. The van der Waals surface area contributed by atoms with Crippen molar-refractivity contribution in [2.24, 2.45) is 0 Å². The molecule has 1 atom stereocenters. The number of halogens is 4. The molecule has 2 aromatic carbocycles. The molecule has 2 aromatic rings. The fourth-order valence-electron chi connectivity index (χ4n) is 3.28. The van der Waals surface area contributed by atoms with E-state index in [1.807, 2.05) is 38.1 Å². The molecule has 0 radical (unpaired) electrons. The molecule has 0 N–H and O–H groups in total. The molecule has 0 bridgehead atoms. The van der Waals surface area contributed by atoms with Gasteiger partial charge in [-0.2, -0.15) is 17.5 Å². The summed E-state index contributed by atoms with van der Waals surface area (Å²) in [6.45, 7) is 4.61. The lowest BCUT2D eigenvalue weighted by atomic mass is 10.1. The zero-order valence-corrected chi connectivity index (χ0v) is 16.9. The lowest BCUT2D eigenvalue weighted by Crippen LogP contribution is -2.53. The van der Waals surface area contributed by atoms with Crippen LogP contribution in [0.2, 0.25) is 5.02 Å². The third kappa shape index (κ3) is 4.14. The van der Waals surface area contributed by atoms with E-state index in [4.69, 9.17) is 11.6 Å². The average molecular weight is 433 g/mol. The number of nitrogens with zero attached hydrogens (tertiary/aromatic N) is 2. The smallest absolute Gasteiger partial charge is 0.366 e. The summed E-state index contributed by atoms with van der Waals surface area (Å²) in [5.74, 6) is 0. The van der Waals surface area contributed by atoms with Crippen molar-refractivity contribution in [1.29, 1.82) is 0 Å². The molecule has 0 aromatic heterocycles. The van der Waals surface area contributed by atoms with Gasteiger partial charge in [-0.25, -0.2) is 8.42 Å². The van der Waals surface area contributed by atoms with E-state index in [1.54, 1.807) is 0 Å². The maximum Gasteiger partial charge on any atom is 0.416 e. The Hall–Kier alpha value is -1.77. The summed E-state index contributed by atoms with van der Waals surface area (Å²) in [5, 5.41) is -0.221. The number of alkyl halides is 3. The van der Waals surface area contributed by atoms with E-state index < -0.39 is 26.7 Å². The van der Waals surface area contributed by atoms with Crippen molar-refractivity contribution in [2.45, 2.75) is 31.0 Å². The molecule has 1 aliphatic heterocycles. The van der Waals surface area contributed by atoms with Crippen molar-refractivity contribution >= 4 is 27.3 Å². The molecule has 0 amide bonds. The molecular weight excluding hydrogens is 413 g/mol. The number of piperazine rings is 1. The molecule has 1 fully saturated rings. The van der Waals surface area contributed by atoms with E-state index in [0.717, 1.165) is 23.4 Å². The standard InChI is InChI=1S/C19H20ClF3N2O2S/c1-13-3-6-16(7-4-13)25-10-9-24(12-14(25)2)28(26,27)18-11-15(19(21,22)23)5-8-17(18)20/h3-8,11,14H,9-10,12H2,1-2H3. The largest absolute Gasteiger partial charge is 0.416 e. The topological polar surface area (TPSA) is 40.6 Å². The van der Waals surface area contributed by atoms with Crippen LogP contribution in [0, 0.1) is 6.92 Å². The zero-order chi connectivity index (χ0) is 20.7. The van der Waals surface area contributed by atoms with Crippen LogP contribution in [0.5, 0.6) is 0 Å². The molecule has 1 heterocycles. The first kappa shape index (κ1) is 21.0. The molecule has 0 spiro atoms. The van der Waals surface area contributed by atoms with Crippen LogP contribution in [0.4, 0.5) is 18.9 Å². The minimum absolute atomic E-state index is 0.143. The maximum atomic E-state index is 13.0. The lowest BCUT2D eigenvalue weighted by Gasteiger charge is -2.40. The molecule has 0 aliphatic carbocycles. The number of benzene rings is 2. The SMILES string of the molecule is Cc1ccc(N2CCN(S(=O)(=O)c3cc(C(F)(F)F)ccc3Cl)CC2C)cc1. The number of rotatable bonds is 3. The van der Waals surface area contributed by atoms with Crippen molar-refractivity contribution in [3.8, 4) is 0 Å². The lowest BCUT2D eigenvalue weighted by molar-refractivity contribution is -0.137. The third-order valence-corrected chi connectivity index (χ3v) is 7.18. The Morgan fingerprint density at radius 2 is 1.71 bits per heavy atom. The van der Waals surface area contributed by atoms with Gasteiger partial charge in [0.05, 0.1) is 10.6 Å². The predicted octanol–water partition coefficient (Wildman–Crippen LogP) is 4.57. The second kappa shape index (κ2) is 7.57. The van der Waals surface area contributed by atoms with Gasteiger partial charge in [-0.3, -0.25) is 0 Å². The van der Waals surface area contributed by atoms with Crippen LogP contribution in [0.25, 0.3) is 0 Å². The van der Waals surface area contributed by atoms with E-state index in [2.05, 4.69) is 4.90 Å². The number of sulfonamides is 1. The Labute approximate surface area is 167 Å². The van der Waals surface area contributed by atoms with Crippen LogP contribution in [0.15, 0.2) is 47.4 Å². The molecule has 3 rings (SSSR count). The zero-order valence-electron chi connectivity index (χ0n) is 15.4. The van der Waals surface area contributed by atoms with Crippen LogP contribution in [-0.4, -0.2) is 38.4 Å². The fourth-order valence-corrected chi connectivity index (χ4v) is 5.29. The highest BCUT2D eigenvalue weighted by Crippen LogP contribution is 2.35. The van der Waals surface area contributed by atoms with Crippen LogP contribution in [-0.2, 0) is 16.2 Å². The number of hydrogen-bond donors (Lipinski definition) is 0. The summed E-state index contributed by atoms with van der Waals surface area (Å²) in [6, 6.07) is 10.1. The van der Waals surface area contributed by atoms with Crippen molar-refractivity contribution in [3.05, 3.63) is 58.6 Å². The highest BCUT2D eigenvalue weighted by molar-refractivity contribution is 7.89. The Kier molecular flexibility index (Phi) is 5.67. The molecule has 1 saturated heterocycles. The second-order valence-corrected chi connectivity index (χ2v) is 9.20. The van der Waals surface area contributed by atoms with Crippen molar-refractivity contribution in [1.82, 2.24) is 4.31 Å². The van der Waals surface area contributed by atoms with Crippen LogP contribution >= 0.6 is 11.6 Å². The monoisotopic (exact) mass is 432 g/mol. The fraction of sp³-hybridized carbons (Fsp3) is 0.368. The van der Waals surface area contributed by atoms with Gasteiger partial charge in [-0.15, -0.1) is 0 Å². The first-order valence-corrected chi connectivity index (χ1v) is 10.5. The summed E-state index contributed by atoms with van der Waals surface area (Å²) in [5.41, 5.74) is 1.06. The van der Waals surface area contributed by atoms with Crippen LogP contribution < -0.4 is 4.90 Å². The quantitative estimate of drug-likeness (QED) is 0.713. The Bertz CT molecular complexity index is 962. The Morgan fingerprint density at radius 3 is 2.29 bits per heavy atom. The molecule has 1 unspecified atom stereocenters. The summed E-state index contributed by atoms with van der Waals surface area (Å²) >= 11 is 5.94. The Balaban J connectivity index is 1.86. The van der Waals surface area contributed by atoms with E-state index in [-0.39, 0.29) is 24.2 Å². The minimum Gasteiger partial charge on any atom is -0.366 e. The number of hydrogen-bond acceptors (Lipinski definition) is 3. The van der Waals surface area contributed by atoms with Gasteiger partial charge in [0.1, 0.15) is 4.90 Å². The molecule has 1 aliphatic rings. The number of anilines is 1. The van der Waals surface area contributed by atoms with Gasteiger partial charge >= 0.3 is 6.18 Å². The maximum absolute atomic E-state index is 13.0. The van der Waals surface area contributed by atoms with Gasteiger partial charge in [0.25, 0.3) is 0 Å². The van der Waals surface area contributed by atoms with Gasteiger partial charge in [-0.05, 0) is 44.2 Å². The molecular formula is C19H20ClF3N2O2S. The Morgan fingerprint density at radius 1 is 1.07 bits per heavy atom. The summed E-state index contributed by atoms with van der Waals surface area (Å²) in [4.78, 5) is 1.57. The number of aryl methyl sites for hydroxylation is 1. The summed E-state index contributed by atoms with van der Waals surface area (Å²) < 4.78 is 66.2. The second-order valence-electron chi connectivity index (χ2n) is 6.88. The van der Waals surface area contributed by atoms with E-state index in [0.29, 0.717) is 12.6 Å². The summed E-state index contributed by atoms with van der Waals surface area (Å²) in [6.07, 6.45) is -4.65. The highest BCUT2D eigenvalue weighted by atomic mass is 35.5. The van der Waals surface area contributed by atoms with Crippen molar-refractivity contribution in [3.63, 3.8) is 0 Å². The van der Waals surface area contributed by atoms with Crippen molar-refractivity contribution in [2.75, 3.05) is 24.5 Å². The van der Waals surface area contributed by atoms with E-state index in [9.17, 15) is 21.6 Å². The average Bonchev–Trinajstić information content (AvgIpc) is 2.61. The highest BCUT2D eigenvalue weighted by Gasteiger charge is 2.36. The minimum atomic E-state index is -4.65. The first-order valence-electron chi connectivity index (χ1n) is 8.70. The molecule has 4 nitrogen and oxygen atoms in total. The van der Waals surface area contributed by atoms with E-state index >= 15 is 0 Å². The third-order valence-electron chi connectivity index (χ3n) is 4.83. The van der Waals surface area contributed by atoms with Gasteiger partial charge < -0.3 is 4.90 Å². The van der Waals surface area contributed by atoms with Gasteiger partial charge in [0, 0.05) is 31.4 Å². The van der Waals surface area contributed by atoms with Gasteiger partial charge in [0.15, 0.2) is 0 Å². The van der Waals surface area contributed by atoms with Crippen LogP contribution in [0.3, 0.4) is 0 Å². The van der Waals surface area contributed by atoms with Crippen molar-refractivity contribution < 1.29 is 21.6 Å². The van der Waals surface area contributed by atoms with Gasteiger partial charge in [-0.1, -0.05) is 29.3 Å². The molecule has 28 heavy (non-hydrogen) atoms. The molecule has 152 valence electrons.